The van der Waals surface area contributed by atoms with E-state index in [1.807, 2.05) is 0 Å². The Morgan fingerprint density at radius 1 is 1.10 bits per heavy atom. The molecule has 11 heteroatoms. The predicted octanol–water partition coefficient (Wildman–Crippen LogP) is 1.39. The number of hydrogen-bond acceptors (Lipinski definition) is 7. The Balaban J connectivity index is 1.58. The van der Waals surface area contributed by atoms with Gasteiger partial charge in [-0.1, -0.05) is 25.0 Å². The molecular weight excluding hydrogens is 414 g/mol. The third kappa shape index (κ3) is 5.45. The molecule has 0 spiro atoms. The maximum atomic E-state index is 12.5. The largest absolute Gasteiger partial charge is 0.450 e. The number of nitrogens with two attached hydrogens (primary N) is 1. The molecule has 160 valence electrons. The number of benzene rings is 1. The number of furan rings is 1. The second-order valence-electron chi connectivity index (χ2n) is 6.79. The van der Waals surface area contributed by atoms with Crippen molar-refractivity contribution >= 4 is 33.5 Å². The molecule has 0 unspecified atom stereocenters. The van der Waals surface area contributed by atoms with Crippen molar-refractivity contribution in [2.45, 2.75) is 36.8 Å². The van der Waals surface area contributed by atoms with Gasteiger partial charge in [0.2, 0.25) is 10.9 Å². The lowest BCUT2D eigenvalue weighted by Crippen LogP contribution is -2.33. The molecule has 1 aromatic carbocycles. The first kappa shape index (κ1) is 21.5. The SMILES string of the molecule is NS(=O)(=O)c1ccc(C(=O)OCC(=O)Nc2ccccc2C(=O)NC2CCCC2)o1. The zero-order chi connectivity index (χ0) is 21.7. The Morgan fingerprint density at radius 2 is 1.80 bits per heavy atom. The molecule has 1 saturated carbocycles. The number of rotatable bonds is 7. The lowest BCUT2D eigenvalue weighted by molar-refractivity contribution is -0.119. The maximum absolute atomic E-state index is 12.5. The summed E-state index contributed by atoms with van der Waals surface area (Å²) in [5.74, 6) is -2.42. The summed E-state index contributed by atoms with van der Waals surface area (Å²) in [6.07, 6.45) is 4.00. The van der Waals surface area contributed by atoms with Crippen LogP contribution in [0.3, 0.4) is 0 Å². The molecule has 30 heavy (non-hydrogen) atoms. The van der Waals surface area contributed by atoms with Gasteiger partial charge >= 0.3 is 5.97 Å². The lowest BCUT2D eigenvalue weighted by atomic mass is 10.1. The number of ether oxygens (including phenoxy) is 1. The Labute approximate surface area is 172 Å². The van der Waals surface area contributed by atoms with Crippen LogP contribution in [-0.4, -0.2) is 38.9 Å². The second kappa shape index (κ2) is 9.09. The number of carbonyl (C=O) groups is 3. The van der Waals surface area contributed by atoms with Crippen molar-refractivity contribution in [2.24, 2.45) is 5.14 Å². The highest BCUT2D eigenvalue weighted by Gasteiger charge is 2.21. The third-order valence-electron chi connectivity index (χ3n) is 4.53. The third-order valence-corrected chi connectivity index (χ3v) is 5.31. The molecule has 0 atom stereocenters. The zero-order valence-corrected chi connectivity index (χ0v) is 16.7. The van der Waals surface area contributed by atoms with Gasteiger partial charge in [-0.05, 0) is 37.1 Å². The average Bonchev–Trinajstić information content (AvgIpc) is 3.38. The summed E-state index contributed by atoms with van der Waals surface area (Å²) < 4.78 is 32.0. The van der Waals surface area contributed by atoms with Gasteiger partial charge in [0, 0.05) is 6.04 Å². The number of carbonyl (C=O) groups excluding carboxylic acids is 3. The van der Waals surface area contributed by atoms with E-state index in [2.05, 4.69) is 10.6 Å². The molecule has 2 amide bonds. The van der Waals surface area contributed by atoms with Gasteiger partial charge in [0.1, 0.15) is 0 Å². The lowest BCUT2D eigenvalue weighted by Gasteiger charge is -2.15. The van der Waals surface area contributed by atoms with Gasteiger partial charge in [-0.3, -0.25) is 9.59 Å². The second-order valence-corrected chi connectivity index (χ2v) is 8.28. The van der Waals surface area contributed by atoms with E-state index in [0.29, 0.717) is 5.56 Å². The highest BCUT2D eigenvalue weighted by Crippen LogP contribution is 2.20. The van der Waals surface area contributed by atoms with Crippen molar-refractivity contribution in [2.75, 3.05) is 11.9 Å². The van der Waals surface area contributed by atoms with Crippen LogP contribution in [0.15, 0.2) is 45.9 Å². The quantitative estimate of drug-likeness (QED) is 0.554. The Bertz CT molecular complexity index is 1060. The van der Waals surface area contributed by atoms with Crippen LogP contribution >= 0.6 is 0 Å². The maximum Gasteiger partial charge on any atom is 0.374 e. The van der Waals surface area contributed by atoms with Gasteiger partial charge in [-0.15, -0.1) is 0 Å². The van der Waals surface area contributed by atoms with E-state index in [1.165, 1.54) is 0 Å². The van der Waals surface area contributed by atoms with Crippen LogP contribution in [0.25, 0.3) is 0 Å². The van der Waals surface area contributed by atoms with Crippen LogP contribution in [0, 0.1) is 0 Å². The minimum Gasteiger partial charge on any atom is -0.450 e. The fourth-order valence-corrected chi connectivity index (χ4v) is 3.56. The Hall–Kier alpha value is -3.18. The topological polar surface area (TPSA) is 158 Å². The Kier molecular flexibility index (Phi) is 6.53. The predicted molar refractivity (Wildman–Crippen MR) is 105 cm³/mol. The molecule has 1 aliphatic rings. The monoisotopic (exact) mass is 435 g/mol. The molecule has 1 aliphatic carbocycles. The first-order chi connectivity index (χ1) is 14.2. The highest BCUT2D eigenvalue weighted by atomic mass is 32.2. The molecule has 1 aromatic heterocycles. The number of esters is 1. The smallest absolute Gasteiger partial charge is 0.374 e. The standard InChI is InChI=1S/C19H21N3O7S/c20-30(26,27)17-10-9-15(29-17)19(25)28-11-16(23)22-14-8-4-3-7-13(14)18(24)21-12-5-1-2-6-12/h3-4,7-10,12H,1-2,5-6,11H2,(H,21,24)(H,22,23)(H2,20,26,27). The van der Waals surface area contributed by atoms with Gasteiger partial charge in [-0.2, -0.15) is 0 Å². The summed E-state index contributed by atoms with van der Waals surface area (Å²) >= 11 is 0. The summed E-state index contributed by atoms with van der Waals surface area (Å²) in [4.78, 5) is 36.6. The van der Waals surface area contributed by atoms with E-state index in [0.717, 1.165) is 37.8 Å². The summed E-state index contributed by atoms with van der Waals surface area (Å²) in [6.45, 7) is -0.664. The van der Waals surface area contributed by atoms with Crippen LogP contribution in [0.1, 0.15) is 46.6 Å². The van der Waals surface area contributed by atoms with E-state index >= 15 is 0 Å². The van der Waals surface area contributed by atoms with Crippen LogP contribution in [-0.2, 0) is 19.6 Å². The van der Waals surface area contributed by atoms with E-state index in [9.17, 15) is 22.8 Å². The molecule has 1 heterocycles. The molecule has 0 bridgehead atoms. The number of primary sulfonamides is 1. The fraction of sp³-hybridized carbons (Fsp3) is 0.316. The molecule has 0 saturated heterocycles. The molecule has 2 aromatic rings. The van der Waals surface area contributed by atoms with Gasteiger partial charge in [0.25, 0.3) is 21.8 Å². The van der Waals surface area contributed by atoms with E-state index in [4.69, 9.17) is 14.3 Å². The summed E-state index contributed by atoms with van der Waals surface area (Å²) in [6, 6.07) is 8.69. The van der Waals surface area contributed by atoms with Crippen LogP contribution in [0.5, 0.6) is 0 Å². The van der Waals surface area contributed by atoms with E-state index < -0.39 is 39.4 Å². The molecule has 0 aliphatic heterocycles. The van der Waals surface area contributed by atoms with Crippen molar-refractivity contribution in [3.05, 3.63) is 47.7 Å². The number of para-hydroxylation sites is 1. The van der Waals surface area contributed by atoms with E-state index in [-0.39, 0.29) is 17.6 Å². The van der Waals surface area contributed by atoms with E-state index in [1.54, 1.807) is 24.3 Å². The minimum atomic E-state index is -4.10. The normalized spacial score (nSPS) is 14.3. The van der Waals surface area contributed by atoms with Crippen LogP contribution in [0.4, 0.5) is 5.69 Å². The average molecular weight is 435 g/mol. The Morgan fingerprint density at radius 3 is 2.47 bits per heavy atom. The van der Waals surface area contributed by atoms with Crippen LogP contribution < -0.4 is 15.8 Å². The number of hydrogen-bond donors (Lipinski definition) is 3. The van der Waals surface area contributed by atoms with Gasteiger partial charge in [-0.25, -0.2) is 18.4 Å². The number of anilines is 1. The number of sulfonamides is 1. The first-order valence-corrected chi connectivity index (χ1v) is 10.8. The summed E-state index contributed by atoms with van der Waals surface area (Å²) in [5, 5.41) is 9.78. The first-order valence-electron chi connectivity index (χ1n) is 9.23. The minimum absolute atomic E-state index is 0.123. The molecular formula is C19H21N3O7S. The van der Waals surface area contributed by atoms with Crippen molar-refractivity contribution in [3.8, 4) is 0 Å². The highest BCUT2D eigenvalue weighted by molar-refractivity contribution is 7.89. The molecule has 0 radical (unpaired) electrons. The van der Waals surface area contributed by atoms with Crippen molar-refractivity contribution in [1.82, 2.24) is 5.32 Å². The molecule has 4 N–H and O–H groups in total. The van der Waals surface area contributed by atoms with Gasteiger partial charge in [0.05, 0.1) is 11.3 Å². The number of amides is 2. The van der Waals surface area contributed by atoms with Crippen LogP contribution in [0.2, 0.25) is 0 Å². The number of nitrogens with one attached hydrogen (secondary N) is 2. The molecule has 1 fully saturated rings. The van der Waals surface area contributed by atoms with Crippen molar-refractivity contribution in [1.29, 1.82) is 0 Å². The summed E-state index contributed by atoms with van der Waals surface area (Å²) in [5.41, 5.74) is 0.580. The van der Waals surface area contributed by atoms with Gasteiger partial charge in [0.15, 0.2) is 6.61 Å². The van der Waals surface area contributed by atoms with Gasteiger partial charge < -0.3 is 19.8 Å². The molecule has 10 nitrogen and oxygen atoms in total. The molecule has 3 rings (SSSR count). The van der Waals surface area contributed by atoms with Crippen molar-refractivity contribution in [3.63, 3.8) is 0 Å². The fourth-order valence-electron chi connectivity index (χ4n) is 3.09. The zero-order valence-electron chi connectivity index (χ0n) is 15.9. The summed E-state index contributed by atoms with van der Waals surface area (Å²) in [7, 11) is -4.10. The van der Waals surface area contributed by atoms with Crippen molar-refractivity contribution < 1.29 is 32.0 Å².